The molecule has 1 unspecified atom stereocenters. The Morgan fingerprint density at radius 3 is 2.79 bits per heavy atom. The predicted molar refractivity (Wildman–Crippen MR) is 90.4 cm³/mol. The van der Waals surface area contributed by atoms with Crippen LogP contribution >= 0.6 is 0 Å². The van der Waals surface area contributed by atoms with Gasteiger partial charge in [-0.25, -0.2) is 4.98 Å². The van der Waals surface area contributed by atoms with E-state index in [-0.39, 0.29) is 18.4 Å². The fourth-order valence-electron chi connectivity index (χ4n) is 2.53. The van der Waals surface area contributed by atoms with E-state index in [9.17, 15) is 9.90 Å². The first-order valence-electron chi connectivity index (χ1n) is 8.32. The van der Waals surface area contributed by atoms with E-state index in [0.717, 1.165) is 24.0 Å². The molecule has 1 fully saturated rings. The van der Waals surface area contributed by atoms with Crippen molar-refractivity contribution in [1.29, 1.82) is 0 Å². The summed E-state index contributed by atoms with van der Waals surface area (Å²) in [5.74, 6) is 0.417. The van der Waals surface area contributed by atoms with Crippen molar-refractivity contribution >= 4 is 5.91 Å². The van der Waals surface area contributed by atoms with Gasteiger partial charge in [-0.1, -0.05) is 30.3 Å². The number of carbonyl (C=O) groups is 1. The average molecular weight is 326 g/mol. The first-order valence-corrected chi connectivity index (χ1v) is 8.32. The molecule has 5 nitrogen and oxygen atoms in total. The Balaban J connectivity index is 1.48. The molecule has 2 aromatic rings. The first-order chi connectivity index (χ1) is 11.7. The lowest BCUT2D eigenvalue weighted by Gasteiger charge is -2.25. The van der Waals surface area contributed by atoms with Crippen molar-refractivity contribution in [2.24, 2.45) is 0 Å². The number of hydrogen-bond donors (Lipinski definition) is 2. The van der Waals surface area contributed by atoms with Crippen molar-refractivity contribution in [3.8, 4) is 5.88 Å². The maximum absolute atomic E-state index is 12.0. The number of aliphatic hydroxyl groups excluding tert-OH is 1. The van der Waals surface area contributed by atoms with Gasteiger partial charge in [0, 0.05) is 18.8 Å². The summed E-state index contributed by atoms with van der Waals surface area (Å²) in [6, 6.07) is 12.9. The molecule has 0 spiro atoms. The van der Waals surface area contributed by atoms with E-state index in [2.05, 4.69) is 10.3 Å². The Morgan fingerprint density at radius 1 is 1.29 bits per heavy atom. The van der Waals surface area contributed by atoms with Gasteiger partial charge in [-0.05, 0) is 36.5 Å². The molecule has 0 bridgehead atoms. The van der Waals surface area contributed by atoms with Crippen molar-refractivity contribution in [2.45, 2.75) is 44.4 Å². The van der Waals surface area contributed by atoms with Gasteiger partial charge in [-0.15, -0.1) is 0 Å². The highest BCUT2D eigenvalue weighted by molar-refractivity contribution is 5.76. The van der Waals surface area contributed by atoms with Crippen LogP contribution in [0.5, 0.6) is 5.88 Å². The third-order valence-electron chi connectivity index (χ3n) is 4.19. The lowest BCUT2D eigenvalue weighted by atomic mass is 9.96. The summed E-state index contributed by atoms with van der Waals surface area (Å²) < 4.78 is 5.76. The predicted octanol–water partition coefficient (Wildman–Crippen LogP) is 2.75. The number of rotatable bonds is 7. The Kier molecular flexibility index (Phi) is 5.43. The van der Waals surface area contributed by atoms with Gasteiger partial charge in [-0.2, -0.15) is 0 Å². The van der Waals surface area contributed by atoms with E-state index in [4.69, 9.17) is 4.74 Å². The lowest BCUT2D eigenvalue weighted by molar-refractivity contribution is -0.123. The van der Waals surface area contributed by atoms with Crippen LogP contribution in [0, 0.1) is 0 Å². The summed E-state index contributed by atoms with van der Waals surface area (Å²) in [6.07, 6.45) is 4.60. The van der Waals surface area contributed by atoms with Crippen LogP contribution < -0.4 is 10.1 Å². The molecular weight excluding hydrogens is 304 g/mol. The Morgan fingerprint density at radius 2 is 2.08 bits per heavy atom. The summed E-state index contributed by atoms with van der Waals surface area (Å²) in [5.41, 5.74) is 1.68. The van der Waals surface area contributed by atoms with E-state index in [1.807, 2.05) is 42.5 Å². The molecule has 3 rings (SSSR count). The molecule has 1 amide bonds. The van der Waals surface area contributed by atoms with Crippen molar-refractivity contribution in [3.05, 3.63) is 59.8 Å². The van der Waals surface area contributed by atoms with Gasteiger partial charge in [0.2, 0.25) is 11.8 Å². The molecule has 126 valence electrons. The standard InChI is InChI=1S/C19H22N2O3/c22-17(15-5-2-1-3-6-15)12-18(23)21-13-14-9-10-20-19(11-14)24-16-7-4-8-16/h1-3,5-6,9-11,16-17,22H,4,7-8,12-13H2,(H,21,23). The number of carbonyl (C=O) groups excluding carboxylic acids is 1. The number of benzene rings is 1. The maximum Gasteiger partial charge on any atom is 0.223 e. The van der Waals surface area contributed by atoms with E-state index in [0.29, 0.717) is 12.4 Å². The van der Waals surface area contributed by atoms with Gasteiger partial charge in [0.05, 0.1) is 12.5 Å². The highest BCUT2D eigenvalue weighted by Crippen LogP contribution is 2.24. The molecule has 2 N–H and O–H groups in total. The Bertz CT molecular complexity index is 671. The van der Waals surface area contributed by atoms with Crippen LogP contribution in [0.2, 0.25) is 0 Å². The molecule has 1 atom stereocenters. The van der Waals surface area contributed by atoms with Crippen LogP contribution in [0.1, 0.15) is 42.9 Å². The molecule has 24 heavy (non-hydrogen) atoms. The third kappa shape index (κ3) is 4.55. The molecule has 1 aliphatic carbocycles. The number of amides is 1. The number of ether oxygens (including phenoxy) is 1. The summed E-state index contributed by atoms with van der Waals surface area (Å²) in [4.78, 5) is 16.2. The van der Waals surface area contributed by atoms with Crippen LogP contribution in [0.15, 0.2) is 48.7 Å². The SMILES string of the molecule is O=C(CC(O)c1ccccc1)NCc1ccnc(OC2CCC2)c1. The molecule has 1 aromatic carbocycles. The van der Waals surface area contributed by atoms with Crippen LogP contribution in [-0.2, 0) is 11.3 Å². The van der Waals surface area contributed by atoms with Crippen LogP contribution in [-0.4, -0.2) is 22.1 Å². The van der Waals surface area contributed by atoms with Gasteiger partial charge in [0.25, 0.3) is 0 Å². The second kappa shape index (κ2) is 7.93. The van der Waals surface area contributed by atoms with Crippen molar-refractivity contribution in [2.75, 3.05) is 0 Å². The van der Waals surface area contributed by atoms with Gasteiger partial charge in [0.1, 0.15) is 6.10 Å². The molecule has 5 heteroatoms. The minimum Gasteiger partial charge on any atom is -0.474 e. The molecule has 1 aromatic heterocycles. The number of pyridine rings is 1. The molecule has 1 aliphatic rings. The molecule has 0 radical (unpaired) electrons. The summed E-state index contributed by atoms with van der Waals surface area (Å²) >= 11 is 0. The Labute approximate surface area is 141 Å². The van der Waals surface area contributed by atoms with E-state index >= 15 is 0 Å². The normalized spacial score (nSPS) is 15.4. The zero-order valence-corrected chi connectivity index (χ0v) is 13.5. The van der Waals surface area contributed by atoms with E-state index in [1.165, 1.54) is 6.42 Å². The summed E-state index contributed by atoms with van der Waals surface area (Å²) in [5, 5.41) is 12.9. The van der Waals surface area contributed by atoms with Gasteiger partial charge in [-0.3, -0.25) is 4.79 Å². The second-order valence-electron chi connectivity index (χ2n) is 6.08. The number of nitrogens with zero attached hydrogens (tertiary/aromatic N) is 1. The van der Waals surface area contributed by atoms with Crippen LogP contribution in [0.25, 0.3) is 0 Å². The largest absolute Gasteiger partial charge is 0.474 e. The van der Waals surface area contributed by atoms with Gasteiger partial charge >= 0.3 is 0 Å². The lowest BCUT2D eigenvalue weighted by Crippen LogP contribution is -2.26. The van der Waals surface area contributed by atoms with Crippen LogP contribution in [0.4, 0.5) is 0 Å². The van der Waals surface area contributed by atoms with E-state index < -0.39 is 6.10 Å². The fraction of sp³-hybridized carbons (Fsp3) is 0.368. The molecule has 1 saturated carbocycles. The van der Waals surface area contributed by atoms with Crippen molar-refractivity contribution < 1.29 is 14.6 Å². The Hall–Kier alpha value is -2.40. The minimum atomic E-state index is -0.791. The van der Waals surface area contributed by atoms with Crippen molar-refractivity contribution in [1.82, 2.24) is 10.3 Å². The topological polar surface area (TPSA) is 71.5 Å². The monoisotopic (exact) mass is 326 g/mol. The highest BCUT2D eigenvalue weighted by atomic mass is 16.5. The fourth-order valence-corrected chi connectivity index (χ4v) is 2.53. The number of nitrogens with one attached hydrogen (secondary N) is 1. The second-order valence-corrected chi connectivity index (χ2v) is 6.08. The zero-order valence-electron chi connectivity index (χ0n) is 13.5. The van der Waals surface area contributed by atoms with Crippen molar-refractivity contribution in [3.63, 3.8) is 0 Å². The zero-order chi connectivity index (χ0) is 16.8. The minimum absolute atomic E-state index is 0.0422. The van der Waals surface area contributed by atoms with E-state index in [1.54, 1.807) is 6.20 Å². The third-order valence-corrected chi connectivity index (χ3v) is 4.19. The number of aliphatic hydroxyl groups is 1. The molecule has 1 heterocycles. The smallest absolute Gasteiger partial charge is 0.223 e. The quantitative estimate of drug-likeness (QED) is 0.821. The van der Waals surface area contributed by atoms with Gasteiger partial charge in [0.15, 0.2) is 0 Å². The van der Waals surface area contributed by atoms with Crippen LogP contribution in [0.3, 0.4) is 0 Å². The molecule has 0 saturated heterocycles. The number of aromatic nitrogens is 1. The first kappa shape index (κ1) is 16.5. The molecule has 0 aliphatic heterocycles. The van der Waals surface area contributed by atoms with Gasteiger partial charge < -0.3 is 15.2 Å². The summed E-state index contributed by atoms with van der Waals surface area (Å²) in [7, 11) is 0. The summed E-state index contributed by atoms with van der Waals surface area (Å²) in [6.45, 7) is 0.393. The molecular formula is C19H22N2O3. The number of hydrogen-bond acceptors (Lipinski definition) is 4. The highest BCUT2D eigenvalue weighted by Gasteiger charge is 2.19. The maximum atomic E-state index is 12.0. The average Bonchev–Trinajstić information content (AvgIpc) is 2.57.